The fourth-order valence-corrected chi connectivity index (χ4v) is 3.75. The Kier molecular flexibility index (Phi) is 3.53. The highest BCUT2D eigenvalue weighted by Crippen LogP contribution is 2.50. The van der Waals surface area contributed by atoms with E-state index in [-0.39, 0.29) is 29.0 Å². The molecule has 7 heteroatoms. The van der Waals surface area contributed by atoms with Gasteiger partial charge in [0.15, 0.2) is 11.5 Å². The third-order valence-corrected chi connectivity index (χ3v) is 5.20. The summed E-state index contributed by atoms with van der Waals surface area (Å²) >= 11 is 0. The number of aromatic nitrogens is 1. The lowest BCUT2D eigenvalue weighted by molar-refractivity contribution is 0.0693. The molecule has 1 saturated carbocycles. The van der Waals surface area contributed by atoms with E-state index in [1.807, 2.05) is 13.8 Å². The summed E-state index contributed by atoms with van der Waals surface area (Å²) in [4.78, 5) is 24.8. The van der Waals surface area contributed by atoms with Crippen LogP contribution in [0.2, 0.25) is 0 Å². The van der Waals surface area contributed by atoms with E-state index in [1.165, 1.54) is 19.2 Å². The number of fused-ring (bicyclic) bond motifs is 3. The highest BCUT2D eigenvalue weighted by molar-refractivity contribution is 5.89. The largest absolute Gasteiger partial charge is 0.493 e. The summed E-state index contributed by atoms with van der Waals surface area (Å²) in [5.74, 6) is -0.815. The highest BCUT2D eigenvalue weighted by atomic mass is 16.5. The monoisotopic (exact) mass is 388 g/mol. The number of carboxylic acids is 1. The van der Waals surface area contributed by atoms with Crippen molar-refractivity contribution in [1.29, 1.82) is 0 Å². The van der Waals surface area contributed by atoms with Gasteiger partial charge in [-0.05, 0) is 30.9 Å². The first-order chi connectivity index (χ1) is 14.5. The number of carboxylic acid groups (broad SMARTS) is 1. The number of methoxy groups -OCH3 is 2. The van der Waals surface area contributed by atoms with Crippen molar-refractivity contribution in [2.24, 2.45) is 5.92 Å². The Morgan fingerprint density at radius 3 is 2.57 bits per heavy atom. The molecule has 7 nitrogen and oxygen atoms in total. The van der Waals surface area contributed by atoms with Crippen LogP contribution in [0.4, 0.5) is 0 Å². The van der Waals surface area contributed by atoms with Crippen molar-refractivity contribution < 1.29 is 28.2 Å². The van der Waals surface area contributed by atoms with Crippen LogP contribution in [-0.2, 0) is 0 Å². The van der Waals surface area contributed by atoms with Gasteiger partial charge in [0, 0.05) is 23.2 Å². The number of rotatable bonds is 5. The maximum absolute atomic E-state index is 13.1. The van der Waals surface area contributed by atoms with Crippen molar-refractivity contribution in [3.63, 3.8) is 0 Å². The Morgan fingerprint density at radius 1 is 1.29 bits per heavy atom. The van der Waals surface area contributed by atoms with Crippen LogP contribution in [0.1, 0.15) is 58.9 Å². The molecule has 1 N–H and O–H groups in total. The summed E-state index contributed by atoms with van der Waals surface area (Å²) in [5, 5.41) is 9.60. The van der Waals surface area contributed by atoms with Crippen LogP contribution in [0.15, 0.2) is 23.0 Å². The van der Waals surface area contributed by atoms with Gasteiger partial charge in [0.2, 0.25) is 0 Å². The lowest BCUT2D eigenvalue weighted by Crippen LogP contribution is -2.32. The molecule has 1 atom stereocenters. The average molecular weight is 388 g/mol. The van der Waals surface area contributed by atoms with E-state index in [9.17, 15) is 14.7 Å². The van der Waals surface area contributed by atoms with Crippen molar-refractivity contribution in [1.82, 2.24) is 4.57 Å². The summed E-state index contributed by atoms with van der Waals surface area (Å²) in [6.07, 6.45) is 1.02. The maximum atomic E-state index is 13.1. The molecule has 1 aliphatic carbocycles. The second-order valence-corrected chi connectivity index (χ2v) is 7.46. The number of benzene rings is 1. The van der Waals surface area contributed by atoms with E-state index in [0.717, 1.165) is 12.8 Å². The number of pyridine rings is 1. The molecule has 2 aromatic rings. The summed E-state index contributed by atoms with van der Waals surface area (Å²) in [7, 11) is -1.30. The van der Waals surface area contributed by atoms with E-state index < -0.39 is 24.7 Å². The Labute approximate surface area is 166 Å². The Morgan fingerprint density at radius 2 is 2.00 bits per heavy atom. The minimum Gasteiger partial charge on any atom is -0.493 e. The van der Waals surface area contributed by atoms with E-state index in [4.69, 9.17) is 18.3 Å². The van der Waals surface area contributed by atoms with Gasteiger partial charge in [-0.3, -0.25) is 4.79 Å². The van der Waals surface area contributed by atoms with Crippen LogP contribution in [-0.4, -0.2) is 29.8 Å². The summed E-state index contributed by atoms with van der Waals surface area (Å²) in [6.45, 7) is 3.85. The van der Waals surface area contributed by atoms with Crippen LogP contribution in [0.5, 0.6) is 17.2 Å². The Balaban J connectivity index is 2.03. The quantitative estimate of drug-likeness (QED) is 0.841. The number of hydrogen-bond donors (Lipinski definition) is 1. The molecule has 1 aromatic heterocycles. The van der Waals surface area contributed by atoms with Crippen LogP contribution in [0.25, 0.3) is 11.3 Å². The number of nitrogens with zero attached hydrogens (tertiary/aromatic N) is 1. The maximum Gasteiger partial charge on any atom is 0.341 e. The number of aromatic carboxylic acids is 1. The first-order valence-electron chi connectivity index (χ1n) is 10.6. The molecule has 4 rings (SSSR count). The molecule has 28 heavy (non-hydrogen) atoms. The summed E-state index contributed by atoms with van der Waals surface area (Å²) in [5.41, 5.74) is 0.861. The molecule has 0 radical (unpaired) electrons. The third-order valence-electron chi connectivity index (χ3n) is 5.20. The fraction of sp³-hybridized carbons (Fsp3) is 0.429. The molecule has 1 unspecified atom stereocenters. The van der Waals surface area contributed by atoms with Crippen molar-refractivity contribution >= 4 is 5.97 Å². The van der Waals surface area contributed by atoms with E-state index in [1.54, 1.807) is 10.6 Å². The smallest absolute Gasteiger partial charge is 0.341 e. The topological polar surface area (TPSA) is 87.0 Å². The van der Waals surface area contributed by atoms with Gasteiger partial charge in [-0.25, -0.2) is 4.79 Å². The molecule has 148 valence electrons. The normalized spacial score (nSPS) is 19.6. The predicted octanol–water partition coefficient (Wildman–Crippen LogP) is 3.66. The van der Waals surface area contributed by atoms with Gasteiger partial charge in [-0.2, -0.15) is 0 Å². The predicted molar refractivity (Wildman–Crippen MR) is 103 cm³/mol. The van der Waals surface area contributed by atoms with E-state index in [0.29, 0.717) is 22.6 Å². The Hall–Kier alpha value is -2.96. The van der Waals surface area contributed by atoms with Gasteiger partial charge in [0.25, 0.3) is 5.56 Å². The summed E-state index contributed by atoms with van der Waals surface area (Å²) < 4.78 is 40.4. The van der Waals surface area contributed by atoms with Gasteiger partial charge >= 0.3 is 5.97 Å². The van der Waals surface area contributed by atoms with Crippen LogP contribution >= 0.6 is 0 Å². The fourth-order valence-electron chi connectivity index (χ4n) is 3.75. The SMILES string of the molecule is [2H]C([2H])([2H])Oc1cc2c(cc1OC)-c1c(cc(C(=O)O)c(=O)n1C1CC1)C(C(C)C)O2. The first kappa shape index (κ1) is 15.0. The van der Waals surface area contributed by atoms with E-state index in [2.05, 4.69) is 0 Å². The van der Waals surface area contributed by atoms with E-state index >= 15 is 0 Å². The molecule has 0 spiro atoms. The lowest BCUT2D eigenvalue weighted by atomic mass is 9.89. The molecule has 1 fully saturated rings. The average Bonchev–Trinajstić information content (AvgIpc) is 3.49. The number of ether oxygens (including phenoxy) is 3. The zero-order valence-electron chi connectivity index (χ0n) is 18.8. The van der Waals surface area contributed by atoms with Gasteiger partial charge in [0.1, 0.15) is 17.4 Å². The Bertz CT molecular complexity index is 1120. The number of hydrogen-bond acceptors (Lipinski definition) is 5. The molecular weight excluding hydrogens is 362 g/mol. The molecule has 2 aliphatic rings. The van der Waals surface area contributed by atoms with Gasteiger partial charge in [-0.1, -0.05) is 13.8 Å². The molecule has 1 aromatic carbocycles. The minimum atomic E-state index is -2.68. The molecular formula is C21H23NO6. The first-order valence-corrected chi connectivity index (χ1v) is 9.12. The van der Waals surface area contributed by atoms with Crippen LogP contribution in [0.3, 0.4) is 0 Å². The molecule has 0 saturated heterocycles. The third kappa shape index (κ3) is 2.73. The van der Waals surface area contributed by atoms with Crippen molar-refractivity contribution in [2.75, 3.05) is 14.1 Å². The van der Waals surface area contributed by atoms with Crippen molar-refractivity contribution in [3.05, 3.63) is 39.7 Å². The second-order valence-electron chi connectivity index (χ2n) is 7.46. The van der Waals surface area contributed by atoms with Crippen molar-refractivity contribution in [2.45, 2.75) is 38.8 Å². The lowest BCUT2D eigenvalue weighted by Gasteiger charge is -2.33. The molecule has 0 amide bonds. The van der Waals surface area contributed by atoms with Crippen LogP contribution in [0, 0.1) is 5.92 Å². The highest BCUT2D eigenvalue weighted by Gasteiger charge is 2.38. The van der Waals surface area contributed by atoms with Crippen LogP contribution < -0.4 is 19.8 Å². The van der Waals surface area contributed by atoms with Gasteiger partial charge in [-0.15, -0.1) is 0 Å². The summed E-state index contributed by atoms with van der Waals surface area (Å²) in [6, 6.07) is 4.32. The molecule has 1 aliphatic heterocycles. The van der Waals surface area contributed by atoms with Gasteiger partial charge < -0.3 is 23.9 Å². The number of carbonyl (C=O) groups is 1. The molecule has 0 bridgehead atoms. The standard InChI is InChI=1S/C21H23NO6/c1-10(2)19-13-7-14(21(24)25)20(23)22(11-5-6-11)18(13)12-8-16(26-3)17(27-4)9-15(12)28-19/h7-11,19H,5-6H2,1-4H3,(H,24,25)/i4D3. The minimum absolute atomic E-state index is 0.00492. The zero-order valence-corrected chi connectivity index (χ0v) is 15.8. The molecule has 2 heterocycles. The van der Waals surface area contributed by atoms with Gasteiger partial charge in [0.05, 0.1) is 24.0 Å². The van der Waals surface area contributed by atoms with Crippen molar-refractivity contribution in [3.8, 4) is 28.5 Å². The zero-order chi connectivity index (χ0) is 22.7. The second kappa shape index (κ2) is 6.58.